The fourth-order valence-electron chi connectivity index (χ4n) is 5.20. The van der Waals surface area contributed by atoms with Gasteiger partial charge in [0.15, 0.2) is 0 Å². The number of morpholine rings is 1. The van der Waals surface area contributed by atoms with Crippen LogP contribution >= 0.6 is 0 Å². The van der Waals surface area contributed by atoms with Crippen molar-refractivity contribution in [1.29, 1.82) is 0 Å². The molecule has 0 aromatic heterocycles. The third-order valence-electron chi connectivity index (χ3n) is 6.89. The summed E-state index contributed by atoms with van der Waals surface area (Å²) in [5, 5.41) is 0. The molecule has 2 aromatic carbocycles. The molecule has 2 fully saturated rings. The molecule has 152 valence electrons. The molecule has 2 heterocycles. The topological polar surface area (TPSA) is 32.8 Å². The van der Waals surface area contributed by atoms with Gasteiger partial charge in [-0.1, -0.05) is 36.4 Å². The Morgan fingerprint density at radius 3 is 2.31 bits per heavy atom. The molecule has 2 aromatic rings. The van der Waals surface area contributed by atoms with Crippen molar-refractivity contribution >= 4 is 5.91 Å². The second-order valence-electron chi connectivity index (χ2n) is 8.60. The summed E-state index contributed by atoms with van der Waals surface area (Å²) >= 11 is 0. The number of halogens is 1. The Hall–Kier alpha value is -2.24. The highest BCUT2D eigenvalue weighted by atomic mass is 19.1. The van der Waals surface area contributed by atoms with Crippen LogP contribution in [0.2, 0.25) is 0 Å². The largest absolute Gasteiger partial charge is 0.372 e. The lowest BCUT2D eigenvalue weighted by Crippen LogP contribution is -2.59. The predicted molar refractivity (Wildman–Crippen MR) is 109 cm³/mol. The van der Waals surface area contributed by atoms with E-state index in [0.29, 0.717) is 19.1 Å². The summed E-state index contributed by atoms with van der Waals surface area (Å²) in [6.07, 6.45) is 3.85. The minimum atomic E-state index is -0.446. The highest BCUT2D eigenvalue weighted by Crippen LogP contribution is 2.34. The van der Waals surface area contributed by atoms with E-state index in [9.17, 15) is 9.18 Å². The van der Waals surface area contributed by atoms with Gasteiger partial charge in [0.2, 0.25) is 0 Å². The van der Waals surface area contributed by atoms with Crippen LogP contribution in [0, 0.1) is 5.82 Å². The average Bonchev–Trinajstić information content (AvgIpc) is 3.19. The monoisotopic (exact) mass is 394 g/mol. The highest BCUT2D eigenvalue weighted by Gasteiger charge is 2.43. The van der Waals surface area contributed by atoms with Gasteiger partial charge >= 0.3 is 0 Å². The first-order valence-corrected chi connectivity index (χ1v) is 10.6. The van der Waals surface area contributed by atoms with Crippen molar-refractivity contribution in [2.45, 2.75) is 37.3 Å². The molecule has 1 aliphatic carbocycles. The van der Waals surface area contributed by atoms with E-state index in [1.807, 2.05) is 0 Å². The number of hydrogen-bond acceptors (Lipinski definition) is 3. The number of fused-ring (bicyclic) bond motifs is 1. The van der Waals surface area contributed by atoms with E-state index < -0.39 is 5.82 Å². The molecule has 5 rings (SSSR count). The van der Waals surface area contributed by atoms with E-state index in [-0.39, 0.29) is 17.1 Å². The summed E-state index contributed by atoms with van der Waals surface area (Å²) < 4.78 is 20.3. The Morgan fingerprint density at radius 1 is 0.966 bits per heavy atom. The minimum absolute atomic E-state index is 0.165. The number of benzene rings is 2. The van der Waals surface area contributed by atoms with Crippen molar-refractivity contribution in [2.24, 2.45) is 0 Å². The molecular formula is C24H27FN2O2. The predicted octanol–water partition coefficient (Wildman–Crippen LogP) is 3.30. The Morgan fingerprint density at radius 2 is 1.62 bits per heavy atom. The summed E-state index contributed by atoms with van der Waals surface area (Å²) in [5.41, 5.74) is 2.93. The van der Waals surface area contributed by atoms with E-state index in [0.717, 1.165) is 45.4 Å². The molecule has 0 unspecified atom stereocenters. The third-order valence-corrected chi connectivity index (χ3v) is 6.89. The zero-order valence-corrected chi connectivity index (χ0v) is 16.6. The third kappa shape index (κ3) is 3.58. The van der Waals surface area contributed by atoms with E-state index in [1.165, 1.54) is 17.2 Å². The number of amides is 1. The van der Waals surface area contributed by atoms with Crippen molar-refractivity contribution in [3.8, 4) is 0 Å². The van der Waals surface area contributed by atoms with Crippen molar-refractivity contribution in [1.82, 2.24) is 9.80 Å². The van der Waals surface area contributed by atoms with Gasteiger partial charge in [-0.15, -0.1) is 0 Å². The van der Waals surface area contributed by atoms with Gasteiger partial charge in [-0.05, 0) is 48.9 Å². The molecule has 0 N–H and O–H groups in total. The fourth-order valence-corrected chi connectivity index (χ4v) is 5.20. The van der Waals surface area contributed by atoms with Gasteiger partial charge in [0.25, 0.3) is 5.91 Å². The SMILES string of the molecule is O=C(c1ccccc1F)N1CCC2(CC1)CN(C1Cc3ccccc3C1)CCO2. The average molecular weight is 394 g/mol. The zero-order chi connectivity index (χ0) is 19.8. The lowest BCUT2D eigenvalue weighted by Gasteiger charge is -2.48. The second-order valence-corrected chi connectivity index (χ2v) is 8.60. The number of ether oxygens (including phenoxy) is 1. The lowest BCUT2D eigenvalue weighted by molar-refractivity contribution is -0.139. The van der Waals surface area contributed by atoms with Gasteiger partial charge < -0.3 is 9.64 Å². The molecule has 0 radical (unpaired) electrons. The Balaban J connectivity index is 1.23. The van der Waals surface area contributed by atoms with Crippen LogP contribution in [0.1, 0.15) is 34.3 Å². The van der Waals surface area contributed by atoms with Crippen LogP contribution in [0.3, 0.4) is 0 Å². The van der Waals surface area contributed by atoms with Crippen LogP contribution in [-0.2, 0) is 17.6 Å². The molecule has 2 aliphatic heterocycles. The number of carbonyl (C=O) groups excluding carboxylic acids is 1. The van der Waals surface area contributed by atoms with Crippen molar-refractivity contribution in [3.63, 3.8) is 0 Å². The van der Waals surface area contributed by atoms with Gasteiger partial charge in [-0.3, -0.25) is 9.69 Å². The van der Waals surface area contributed by atoms with Crippen LogP contribution in [0.15, 0.2) is 48.5 Å². The van der Waals surface area contributed by atoms with Gasteiger partial charge in [-0.25, -0.2) is 4.39 Å². The molecule has 3 aliphatic rings. The first-order valence-electron chi connectivity index (χ1n) is 10.6. The Kier molecular flexibility index (Phi) is 4.88. The minimum Gasteiger partial charge on any atom is -0.372 e. The summed E-state index contributed by atoms with van der Waals surface area (Å²) in [5.74, 6) is -0.657. The van der Waals surface area contributed by atoms with Crippen molar-refractivity contribution in [2.75, 3.05) is 32.8 Å². The Bertz CT molecular complexity index is 882. The number of carbonyl (C=O) groups is 1. The first kappa shape index (κ1) is 18.8. The molecule has 5 heteroatoms. The number of nitrogens with zero attached hydrogens (tertiary/aromatic N) is 2. The summed E-state index contributed by atoms with van der Waals surface area (Å²) in [6.45, 7) is 3.87. The molecule has 0 saturated carbocycles. The maximum Gasteiger partial charge on any atom is 0.256 e. The Labute approximate surface area is 171 Å². The summed E-state index contributed by atoms with van der Waals surface area (Å²) in [7, 11) is 0. The first-order chi connectivity index (χ1) is 14.1. The number of likely N-dealkylation sites (tertiary alicyclic amines) is 1. The summed E-state index contributed by atoms with van der Waals surface area (Å²) in [4.78, 5) is 17.1. The molecule has 29 heavy (non-hydrogen) atoms. The fraction of sp³-hybridized carbons (Fsp3) is 0.458. The molecule has 0 atom stereocenters. The van der Waals surface area contributed by atoms with E-state index >= 15 is 0 Å². The number of piperidine rings is 1. The van der Waals surface area contributed by atoms with E-state index in [2.05, 4.69) is 29.2 Å². The van der Waals surface area contributed by atoms with Gasteiger partial charge in [-0.2, -0.15) is 0 Å². The summed E-state index contributed by atoms with van der Waals surface area (Å²) in [6, 6.07) is 15.5. The highest BCUT2D eigenvalue weighted by molar-refractivity contribution is 5.94. The standard InChI is InChI=1S/C24H27FN2O2/c25-22-8-4-3-7-21(22)23(28)26-11-9-24(10-12-26)17-27(13-14-29-24)20-15-18-5-1-2-6-19(18)16-20/h1-8,20H,9-17H2. The molecule has 1 amide bonds. The molecule has 4 nitrogen and oxygen atoms in total. The lowest BCUT2D eigenvalue weighted by atomic mass is 9.88. The maximum absolute atomic E-state index is 14.0. The molecule has 0 bridgehead atoms. The van der Waals surface area contributed by atoms with Gasteiger partial charge in [0.1, 0.15) is 5.82 Å². The molecule has 1 spiro atoms. The quantitative estimate of drug-likeness (QED) is 0.784. The molecular weight excluding hydrogens is 367 g/mol. The second kappa shape index (κ2) is 7.54. The van der Waals surface area contributed by atoms with Crippen LogP contribution in [0.25, 0.3) is 0 Å². The van der Waals surface area contributed by atoms with Gasteiger partial charge in [0, 0.05) is 32.2 Å². The van der Waals surface area contributed by atoms with E-state index in [4.69, 9.17) is 4.74 Å². The van der Waals surface area contributed by atoms with Crippen LogP contribution in [-0.4, -0.2) is 60.1 Å². The maximum atomic E-state index is 14.0. The number of rotatable bonds is 2. The van der Waals surface area contributed by atoms with E-state index in [1.54, 1.807) is 23.1 Å². The van der Waals surface area contributed by atoms with Gasteiger partial charge in [0.05, 0.1) is 17.8 Å². The van der Waals surface area contributed by atoms with Crippen molar-refractivity contribution < 1.29 is 13.9 Å². The van der Waals surface area contributed by atoms with Crippen molar-refractivity contribution in [3.05, 3.63) is 71.0 Å². The van der Waals surface area contributed by atoms with Crippen LogP contribution in [0.4, 0.5) is 4.39 Å². The van der Waals surface area contributed by atoms with Crippen LogP contribution < -0.4 is 0 Å². The van der Waals surface area contributed by atoms with Crippen LogP contribution in [0.5, 0.6) is 0 Å². The zero-order valence-electron chi connectivity index (χ0n) is 16.6. The smallest absolute Gasteiger partial charge is 0.256 e. The number of hydrogen-bond donors (Lipinski definition) is 0. The molecule has 2 saturated heterocycles. The normalized spacial score (nSPS) is 22.0.